The van der Waals surface area contributed by atoms with Gasteiger partial charge >= 0.3 is 0 Å². The monoisotopic (exact) mass is 276 g/mol. The normalized spacial score (nSPS) is 10.2. The molecule has 0 bridgehead atoms. The van der Waals surface area contributed by atoms with E-state index in [4.69, 9.17) is 0 Å². The molecule has 110 valence electrons. The van der Waals surface area contributed by atoms with Crippen LogP contribution in [0.5, 0.6) is 0 Å². The zero-order valence-electron chi connectivity index (χ0n) is 13.1. The van der Waals surface area contributed by atoms with E-state index in [2.05, 4.69) is 0 Å². The Bertz CT molecular complexity index is 493. The fourth-order valence-corrected chi connectivity index (χ4v) is 2.09. The number of anilines is 1. The van der Waals surface area contributed by atoms with E-state index >= 15 is 0 Å². The van der Waals surface area contributed by atoms with Crippen molar-refractivity contribution in [3.63, 3.8) is 0 Å². The van der Waals surface area contributed by atoms with Crippen molar-refractivity contribution < 1.29 is 9.59 Å². The number of rotatable bonds is 5. The van der Waals surface area contributed by atoms with Crippen LogP contribution in [0.15, 0.2) is 18.2 Å². The van der Waals surface area contributed by atoms with Crippen molar-refractivity contribution in [2.45, 2.75) is 34.6 Å². The van der Waals surface area contributed by atoms with Crippen molar-refractivity contribution in [2.75, 3.05) is 24.5 Å². The van der Waals surface area contributed by atoms with Crippen LogP contribution in [0.25, 0.3) is 0 Å². The molecule has 0 spiro atoms. The van der Waals surface area contributed by atoms with E-state index in [9.17, 15) is 9.59 Å². The lowest BCUT2D eigenvalue weighted by atomic mass is 10.1. The molecule has 0 N–H and O–H groups in total. The number of amides is 2. The van der Waals surface area contributed by atoms with Crippen LogP contribution in [0, 0.1) is 13.8 Å². The van der Waals surface area contributed by atoms with Crippen LogP contribution in [-0.2, 0) is 9.59 Å². The quantitative estimate of drug-likeness (QED) is 0.829. The second-order valence-electron chi connectivity index (χ2n) is 4.94. The van der Waals surface area contributed by atoms with Gasteiger partial charge in [0.1, 0.15) is 6.54 Å². The van der Waals surface area contributed by atoms with E-state index in [1.54, 1.807) is 4.90 Å². The molecule has 0 fully saturated rings. The van der Waals surface area contributed by atoms with Crippen LogP contribution in [0.3, 0.4) is 0 Å². The maximum Gasteiger partial charge on any atom is 0.242 e. The molecule has 0 aliphatic rings. The molecule has 4 heteroatoms. The molecular weight excluding hydrogens is 252 g/mol. The molecule has 2 amide bonds. The molecule has 1 aromatic rings. The van der Waals surface area contributed by atoms with Crippen molar-refractivity contribution in [1.29, 1.82) is 0 Å². The summed E-state index contributed by atoms with van der Waals surface area (Å²) in [5.74, 6) is -0.141. The summed E-state index contributed by atoms with van der Waals surface area (Å²) in [7, 11) is 0. The van der Waals surface area contributed by atoms with Gasteiger partial charge in [0.15, 0.2) is 0 Å². The molecule has 0 aliphatic carbocycles. The SMILES string of the molecule is CCN(CC)C(=O)CN(C(C)=O)c1ccc(C)c(C)c1. The summed E-state index contributed by atoms with van der Waals surface area (Å²) in [5.41, 5.74) is 3.07. The number of likely N-dealkylation sites (N-methyl/N-ethyl adjacent to an activating group) is 1. The topological polar surface area (TPSA) is 40.6 Å². The van der Waals surface area contributed by atoms with Gasteiger partial charge in [-0.2, -0.15) is 0 Å². The lowest BCUT2D eigenvalue weighted by molar-refractivity contribution is -0.130. The van der Waals surface area contributed by atoms with Crippen molar-refractivity contribution in [3.8, 4) is 0 Å². The van der Waals surface area contributed by atoms with Crippen LogP contribution in [0.2, 0.25) is 0 Å². The Labute approximate surface area is 121 Å². The Morgan fingerprint density at radius 1 is 1.05 bits per heavy atom. The molecule has 0 heterocycles. The third kappa shape index (κ3) is 3.83. The van der Waals surface area contributed by atoms with Gasteiger partial charge in [-0.05, 0) is 51.0 Å². The minimum absolute atomic E-state index is 0.0246. The van der Waals surface area contributed by atoms with Crippen LogP contribution in [-0.4, -0.2) is 36.3 Å². The third-order valence-electron chi connectivity index (χ3n) is 3.59. The lowest BCUT2D eigenvalue weighted by Crippen LogP contribution is -2.42. The van der Waals surface area contributed by atoms with E-state index in [1.807, 2.05) is 45.9 Å². The second kappa shape index (κ2) is 7.08. The van der Waals surface area contributed by atoms with Crippen LogP contribution in [0.1, 0.15) is 31.9 Å². The molecule has 1 rings (SSSR count). The maximum absolute atomic E-state index is 12.2. The molecule has 0 aromatic heterocycles. The van der Waals surface area contributed by atoms with Crippen molar-refractivity contribution >= 4 is 17.5 Å². The summed E-state index contributed by atoms with van der Waals surface area (Å²) in [5, 5.41) is 0. The van der Waals surface area contributed by atoms with Crippen LogP contribution in [0.4, 0.5) is 5.69 Å². The first kappa shape index (κ1) is 16.2. The molecule has 0 aliphatic heterocycles. The van der Waals surface area contributed by atoms with Gasteiger partial charge in [0.2, 0.25) is 11.8 Å². The summed E-state index contributed by atoms with van der Waals surface area (Å²) >= 11 is 0. The predicted molar refractivity (Wildman–Crippen MR) is 81.9 cm³/mol. The number of aryl methyl sites for hydroxylation is 2. The number of carbonyl (C=O) groups is 2. The second-order valence-corrected chi connectivity index (χ2v) is 4.94. The van der Waals surface area contributed by atoms with Crippen molar-refractivity contribution in [2.24, 2.45) is 0 Å². The molecule has 0 saturated carbocycles. The van der Waals surface area contributed by atoms with Crippen LogP contribution < -0.4 is 4.90 Å². The highest BCUT2D eigenvalue weighted by Crippen LogP contribution is 2.19. The van der Waals surface area contributed by atoms with Gasteiger partial charge in [0, 0.05) is 25.7 Å². The van der Waals surface area contributed by atoms with E-state index in [-0.39, 0.29) is 18.4 Å². The highest BCUT2D eigenvalue weighted by atomic mass is 16.2. The average Bonchev–Trinajstić information content (AvgIpc) is 2.40. The molecular formula is C16H24N2O2. The zero-order chi connectivity index (χ0) is 15.3. The molecule has 4 nitrogen and oxygen atoms in total. The molecule has 0 unspecified atom stereocenters. The number of carbonyl (C=O) groups excluding carboxylic acids is 2. The Morgan fingerprint density at radius 3 is 2.10 bits per heavy atom. The first-order valence-electron chi connectivity index (χ1n) is 7.03. The summed E-state index contributed by atoms with van der Waals surface area (Å²) in [6, 6.07) is 5.81. The fraction of sp³-hybridized carbons (Fsp3) is 0.500. The lowest BCUT2D eigenvalue weighted by Gasteiger charge is -2.25. The highest BCUT2D eigenvalue weighted by Gasteiger charge is 2.19. The summed E-state index contributed by atoms with van der Waals surface area (Å²) in [6.45, 7) is 10.8. The van der Waals surface area contributed by atoms with Gasteiger partial charge in [-0.25, -0.2) is 0 Å². The molecule has 0 radical (unpaired) electrons. The van der Waals surface area contributed by atoms with E-state index in [0.717, 1.165) is 11.3 Å². The molecule has 0 saturated heterocycles. The van der Waals surface area contributed by atoms with E-state index in [1.165, 1.54) is 17.4 Å². The minimum Gasteiger partial charge on any atom is -0.342 e. The third-order valence-corrected chi connectivity index (χ3v) is 3.59. The number of hydrogen-bond acceptors (Lipinski definition) is 2. The largest absolute Gasteiger partial charge is 0.342 e. The van der Waals surface area contributed by atoms with Crippen LogP contribution >= 0.6 is 0 Å². The highest BCUT2D eigenvalue weighted by molar-refractivity contribution is 5.97. The van der Waals surface area contributed by atoms with Gasteiger partial charge in [0.05, 0.1) is 0 Å². The standard InChI is InChI=1S/C16H24N2O2/c1-6-17(7-2)16(20)11-18(14(5)19)15-9-8-12(3)13(4)10-15/h8-10H,6-7,11H2,1-5H3. The van der Waals surface area contributed by atoms with Gasteiger partial charge < -0.3 is 9.80 Å². The van der Waals surface area contributed by atoms with Gasteiger partial charge in [-0.1, -0.05) is 6.07 Å². The Hall–Kier alpha value is -1.84. The molecule has 20 heavy (non-hydrogen) atoms. The van der Waals surface area contributed by atoms with Gasteiger partial charge in [0.25, 0.3) is 0 Å². The summed E-state index contributed by atoms with van der Waals surface area (Å²) < 4.78 is 0. The first-order valence-corrected chi connectivity index (χ1v) is 7.03. The summed E-state index contributed by atoms with van der Waals surface area (Å²) in [4.78, 5) is 27.3. The minimum atomic E-state index is -0.117. The average molecular weight is 276 g/mol. The van der Waals surface area contributed by atoms with E-state index < -0.39 is 0 Å². The number of benzene rings is 1. The molecule has 1 aromatic carbocycles. The fourth-order valence-electron chi connectivity index (χ4n) is 2.09. The summed E-state index contributed by atoms with van der Waals surface area (Å²) in [6.07, 6.45) is 0. The maximum atomic E-state index is 12.2. The molecule has 0 atom stereocenters. The van der Waals surface area contributed by atoms with E-state index in [0.29, 0.717) is 13.1 Å². The predicted octanol–water partition coefficient (Wildman–Crippen LogP) is 2.52. The first-order chi connectivity index (χ1) is 9.40. The Balaban J connectivity index is 2.97. The van der Waals surface area contributed by atoms with Crippen molar-refractivity contribution in [3.05, 3.63) is 29.3 Å². The Kier molecular flexibility index (Phi) is 5.74. The van der Waals surface area contributed by atoms with Crippen molar-refractivity contribution in [1.82, 2.24) is 4.90 Å². The zero-order valence-corrected chi connectivity index (χ0v) is 13.1. The van der Waals surface area contributed by atoms with Gasteiger partial charge in [-0.15, -0.1) is 0 Å². The number of hydrogen-bond donors (Lipinski definition) is 0. The smallest absolute Gasteiger partial charge is 0.242 e. The van der Waals surface area contributed by atoms with Gasteiger partial charge in [-0.3, -0.25) is 9.59 Å². The Morgan fingerprint density at radius 2 is 1.65 bits per heavy atom. The number of nitrogens with zero attached hydrogens (tertiary/aromatic N) is 2.